The van der Waals surface area contributed by atoms with Crippen LogP contribution in [0, 0.1) is 12.7 Å². The average molecular weight is 364 g/mol. The second-order valence-corrected chi connectivity index (χ2v) is 8.12. The standard InChI is InChI=1S/C16H17FN4O3S/c1-10-18-14(16(22)21-13-5-6-25(23,24)9-13)8-15(19-10)20-12-4-2-3-11(17)7-12/h2-4,7-8,13H,5-6,9H2,1H3,(H,21,22)(H,18,19,20). The lowest BCUT2D eigenvalue weighted by atomic mass is 10.2. The Balaban J connectivity index is 1.76. The molecule has 132 valence electrons. The molecule has 1 aromatic heterocycles. The second kappa shape index (κ2) is 6.75. The molecule has 1 aliphatic rings. The van der Waals surface area contributed by atoms with Gasteiger partial charge in [0.05, 0.1) is 11.5 Å². The van der Waals surface area contributed by atoms with E-state index in [1.165, 1.54) is 18.2 Å². The quantitative estimate of drug-likeness (QED) is 0.854. The van der Waals surface area contributed by atoms with Gasteiger partial charge in [-0.2, -0.15) is 0 Å². The van der Waals surface area contributed by atoms with E-state index in [2.05, 4.69) is 20.6 Å². The molecule has 1 amide bonds. The lowest BCUT2D eigenvalue weighted by Crippen LogP contribution is -2.36. The fraction of sp³-hybridized carbons (Fsp3) is 0.312. The normalized spacial score (nSPS) is 18.7. The highest BCUT2D eigenvalue weighted by atomic mass is 32.2. The molecule has 1 unspecified atom stereocenters. The van der Waals surface area contributed by atoms with Gasteiger partial charge in [0.1, 0.15) is 23.2 Å². The Labute approximate surface area is 144 Å². The Hall–Kier alpha value is -2.55. The maximum Gasteiger partial charge on any atom is 0.270 e. The van der Waals surface area contributed by atoms with Crippen molar-refractivity contribution in [3.05, 3.63) is 47.7 Å². The van der Waals surface area contributed by atoms with E-state index in [-0.39, 0.29) is 17.2 Å². The summed E-state index contributed by atoms with van der Waals surface area (Å²) in [6, 6.07) is 6.89. The number of rotatable bonds is 4. The van der Waals surface area contributed by atoms with Gasteiger partial charge in [-0.1, -0.05) is 6.07 Å². The van der Waals surface area contributed by atoms with Crippen LogP contribution in [-0.4, -0.2) is 41.8 Å². The van der Waals surface area contributed by atoms with Gasteiger partial charge in [-0.15, -0.1) is 0 Å². The van der Waals surface area contributed by atoms with Crippen LogP contribution in [0.3, 0.4) is 0 Å². The SMILES string of the molecule is Cc1nc(Nc2cccc(F)c2)cc(C(=O)NC2CCS(=O)(=O)C2)n1. The lowest BCUT2D eigenvalue weighted by molar-refractivity contribution is 0.0935. The van der Waals surface area contributed by atoms with Crippen molar-refractivity contribution in [1.82, 2.24) is 15.3 Å². The number of hydrogen-bond acceptors (Lipinski definition) is 6. The van der Waals surface area contributed by atoms with Crippen LogP contribution in [0.5, 0.6) is 0 Å². The van der Waals surface area contributed by atoms with Crippen molar-refractivity contribution in [3.63, 3.8) is 0 Å². The summed E-state index contributed by atoms with van der Waals surface area (Å²) in [5.74, 6) is -0.122. The first-order valence-corrected chi connectivity index (χ1v) is 9.52. The number of anilines is 2. The highest BCUT2D eigenvalue weighted by Gasteiger charge is 2.29. The van der Waals surface area contributed by atoms with Gasteiger partial charge in [0.15, 0.2) is 9.84 Å². The number of nitrogens with one attached hydrogen (secondary N) is 2. The number of benzene rings is 1. The molecule has 0 spiro atoms. The number of aromatic nitrogens is 2. The maximum atomic E-state index is 13.3. The zero-order chi connectivity index (χ0) is 18.0. The molecule has 9 heteroatoms. The third-order valence-corrected chi connectivity index (χ3v) is 5.50. The molecule has 7 nitrogen and oxygen atoms in total. The van der Waals surface area contributed by atoms with E-state index in [0.717, 1.165) is 0 Å². The third-order valence-electron chi connectivity index (χ3n) is 3.74. The largest absolute Gasteiger partial charge is 0.347 e. The van der Waals surface area contributed by atoms with Gasteiger partial charge in [-0.3, -0.25) is 4.79 Å². The van der Waals surface area contributed by atoms with Crippen molar-refractivity contribution in [1.29, 1.82) is 0 Å². The zero-order valence-electron chi connectivity index (χ0n) is 13.5. The van der Waals surface area contributed by atoms with Crippen LogP contribution in [0.4, 0.5) is 15.9 Å². The van der Waals surface area contributed by atoms with E-state index in [0.29, 0.717) is 23.8 Å². The molecule has 0 bridgehead atoms. The van der Waals surface area contributed by atoms with Gasteiger partial charge in [-0.25, -0.2) is 22.8 Å². The van der Waals surface area contributed by atoms with E-state index in [9.17, 15) is 17.6 Å². The molecule has 0 aliphatic carbocycles. The molecule has 2 heterocycles. The van der Waals surface area contributed by atoms with Gasteiger partial charge < -0.3 is 10.6 Å². The first kappa shape index (κ1) is 17.3. The van der Waals surface area contributed by atoms with Gasteiger partial charge in [0, 0.05) is 17.8 Å². The molecule has 25 heavy (non-hydrogen) atoms. The van der Waals surface area contributed by atoms with E-state index in [1.54, 1.807) is 19.1 Å². The van der Waals surface area contributed by atoms with Crippen LogP contribution in [0.15, 0.2) is 30.3 Å². The minimum Gasteiger partial charge on any atom is -0.347 e. The highest BCUT2D eigenvalue weighted by molar-refractivity contribution is 7.91. The Morgan fingerprint density at radius 2 is 2.08 bits per heavy atom. The first-order valence-electron chi connectivity index (χ1n) is 7.70. The van der Waals surface area contributed by atoms with Gasteiger partial charge in [0.2, 0.25) is 0 Å². The molecule has 0 radical (unpaired) electrons. The minimum atomic E-state index is -3.08. The Bertz CT molecular complexity index is 917. The van der Waals surface area contributed by atoms with Crippen LogP contribution in [0.25, 0.3) is 0 Å². The maximum absolute atomic E-state index is 13.3. The summed E-state index contributed by atoms with van der Waals surface area (Å²) in [5, 5.41) is 5.60. The smallest absolute Gasteiger partial charge is 0.270 e. The van der Waals surface area contributed by atoms with E-state index in [1.807, 2.05) is 0 Å². The number of nitrogens with zero attached hydrogens (tertiary/aromatic N) is 2. The summed E-state index contributed by atoms with van der Waals surface area (Å²) in [4.78, 5) is 20.6. The molecule has 1 saturated heterocycles. The predicted molar refractivity (Wildman–Crippen MR) is 91.0 cm³/mol. The van der Waals surface area contributed by atoms with Crippen molar-refractivity contribution < 1.29 is 17.6 Å². The molecular weight excluding hydrogens is 347 g/mol. The third kappa shape index (κ3) is 4.50. The molecule has 2 N–H and O–H groups in total. The molecule has 1 atom stereocenters. The van der Waals surface area contributed by atoms with Crippen molar-refractivity contribution in [3.8, 4) is 0 Å². The number of aryl methyl sites for hydroxylation is 1. The molecule has 1 fully saturated rings. The van der Waals surface area contributed by atoms with E-state index in [4.69, 9.17) is 0 Å². The first-order chi connectivity index (χ1) is 11.8. The molecule has 1 aliphatic heterocycles. The Morgan fingerprint density at radius 3 is 2.76 bits per heavy atom. The number of carbonyl (C=O) groups excluding carboxylic acids is 1. The molecule has 2 aromatic rings. The van der Waals surface area contributed by atoms with E-state index >= 15 is 0 Å². The lowest BCUT2D eigenvalue weighted by Gasteiger charge is -2.12. The number of halogens is 1. The zero-order valence-corrected chi connectivity index (χ0v) is 14.3. The topological polar surface area (TPSA) is 101 Å². The number of sulfone groups is 1. The van der Waals surface area contributed by atoms with Crippen molar-refractivity contribution in [2.75, 3.05) is 16.8 Å². The Morgan fingerprint density at radius 1 is 1.28 bits per heavy atom. The average Bonchev–Trinajstić information content (AvgIpc) is 2.85. The monoisotopic (exact) mass is 364 g/mol. The van der Waals surface area contributed by atoms with Crippen molar-refractivity contribution in [2.45, 2.75) is 19.4 Å². The van der Waals surface area contributed by atoms with Crippen molar-refractivity contribution >= 4 is 27.2 Å². The van der Waals surface area contributed by atoms with Gasteiger partial charge in [-0.05, 0) is 31.5 Å². The van der Waals surface area contributed by atoms with Crippen LogP contribution in [0.2, 0.25) is 0 Å². The van der Waals surface area contributed by atoms with Gasteiger partial charge in [0.25, 0.3) is 5.91 Å². The summed E-state index contributed by atoms with van der Waals surface area (Å²) in [5.41, 5.74) is 0.613. The van der Waals surface area contributed by atoms with Crippen molar-refractivity contribution in [2.24, 2.45) is 0 Å². The van der Waals surface area contributed by atoms with Crippen LogP contribution < -0.4 is 10.6 Å². The fourth-order valence-electron chi connectivity index (χ4n) is 2.63. The highest BCUT2D eigenvalue weighted by Crippen LogP contribution is 2.17. The number of carbonyl (C=O) groups is 1. The molecular formula is C16H17FN4O3S. The summed E-state index contributed by atoms with van der Waals surface area (Å²) in [6.45, 7) is 1.63. The molecule has 0 saturated carbocycles. The summed E-state index contributed by atoms with van der Waals surface area (Å²) >= 11 is 0. The molecule has 1 aromatic carbocycles. The molecule has 3 rings (SSSR count). The van der Waals surface area contributed by atoms with E-state index < -0.39 is 27.6 Å². The van der Waals surface area contributed by atoms with Crippen LogP contribution >= 0.6 is 0 Å². The van der Waals surface area contributed by atoms with Crippen LogP contribution in [-0.2, 0) is 9.84 Å². The second-order valence-electron chi connectivity index (χ2n) is 5.89. The minimum absolute atomic E-state index is 0.0583. The van der Waals surface area contributed by atoms with Gasteiger partial charge >= 0.3 is 0 Å². The summed E-state index contributed by atoms with van der Waals surface area (Å²) in [7, 11) is -3.08. The number of hydrogen-bond donors (Lipinski definition) is 2. The fourth-order valence-corrected chi connectivity index (χ4v) is 4.30. The Kier molecular flexibility index (Phi) is 4.67. The predicted octanol–water partition coefficient (Wildman–Crippen LogP) is 1.58. The summed E-state index contributed by atoms with van der Waals surface area (Å²) in [6.07, 6.45) is 0.395. The number of amides is 1. The van der Waals surface area contributed by atoms with Crippen LogP contribution in [0.1, 0.15) is 22.7 Å². The summed E-state index contributed by atoms with van der Waals surface area (Å²) < 4.78 is 36.2.